The van der Waals surface area contributed by atoms with Gasteiger partial charge in [0.15, 0.2) is 0 Å². The summed E-state index contributed by atoms with van der Waals surface area (Å²) in [6.07, 6.45) is 3.89. The third-order valence-electron chi connectivity index (χ3n) is 5.10. The molecule has 1 aromatic rings. The molecule has 0 spiro atoms. The molecule has 2 rings (SSSR count). The van der Waals surface area contributed by atoms with Crippen LogP contribution in [0, 0.1) is 11.3 Å². The van der Waals surface area contributed by atoms with Gasteiger partial charge in [0.25, 0.3) is 0 Å². The van der Waals surface area contributed by atoms with Crippen molar-refractivity contribution in [3.63, 3.8) is 0 Å². The van der Waals surface area contributed by atoms with Crippen molar-refractivity contribution in [2.75, 3.05) is 19.6 Å². The molecule has 0 radical (unpaired) electrons. The fourth-order valence-electron chi connectivity index (χ4n) is 4.03. The highest BCUT2D eigenvalue weighted by Crippen LogP contribution is 2.30. The number of halogens is 1. The van der Waals surface area contributed by atoms with Crippen LogP contribution in [0.1, 0.15) is 70.1 Å². The molecule has 0 amide bonds. The van der Waals surface area contributed by atoms with Gasteiger partial charge < -0.3 is 4.90 Å². The Morgan fingerprint density at radius 2 is 1.96 bits per heavy atom. The predicted molar refractivity (Wildman–Crippen MR) is 102 cm³/mol. The molecule has 0 N–H and O–H groups in total. The highest BCUT2D eigenvalue weighted by Gasteiger charge is 2.27. The van der Waals surface area contributed by atoms with Gasteiger partial charge in [0, 0.05) is 19.0 Å². The van der Waals surface area contributed by atoms with Crippen LogP contribution in [0.3, 0.4) is 0 Å². The Balaban J connectivity index is 2.01. The molecule has 0 bridgehead atoms. The van der Waals surface area contributed by atoms with Crippen LogP contribution in [0.15, 0.2) is 18.2 Å². The van der Waals surface area contributed by atoms with Crippen LogP contribution < -0.4 is 0 Å². The van der Waals surface area contributed by atoms with Crippen molar-refractivity contribution in [3.8, 4) is 0 Å². The second-order valence-corrected chi connectivity index (χ2v) is 8.90. The van der Waals surface area contributed by atoms with Crippen molar-refractivity contribution in [1.29, 1.82) is 0 Å². The monoisotopic (exact) mass is 335 g/mol. The van der Waals surface area contributed by atoms with E-state index in [1.165, 1.54) is 55.6 Å². The first kappa shape index (κ1) is 18.8. The Morgan fingerprint density at radius 3 is 2.57 bits per heavy atom. The van der Waals surface area contributed by atoms with Crippen molar-refractivity contribution in [1.82, 2.24) is 4.90 Å². The highest BCUT2D eigenvalue weighted by atomic mass is 35.5. The lowest BCUT2D eigenvalue weighted by Gasteiger charge is -2.39. The summed E-state index contributed by atoms with van der Waals surface area (Å²) < 4.78 is 0. The lowest BCUT2D eigenvalue weighted by Crippen LogP contribution is -2.42. The molecule has 0 aliphatic carbocycles. The van der Waals surface area contributed by atoms with Gasteiger partial charge in [-0.15, -0.1) is 11.6 Å². The van der Waals surface area contributed by atoms with Crippen LogP contribution >= 0.6 is 11.6 Å². The fraction of sp³-hybridized carbons (Fsp3) is 0.714. The van der Waals surface area contributed by atoms with Gasteiger partial charge in [0.2, 0.25) is 0 Å². The minimum atomic E-state index is 0.489. The van der Waals surface area contributed by atoms with Crippen molar-refractivity contribution < 1.29 is 0 Å². The standard InChI is InChI=1S/C21H34ClN/c1-16(2)20-12-18(13-22)7-8-19(20)11-17(3)14-23-10-6-9-21(4,5)15-23/h7-8,12,16-17H,6,9-11,13-15H2,1-5H3. The summed E-state index contributed by atoms with van der Waals surface area (Å²) in [6, 6.07) is 6.82. The molecule has 0 saturated carbocycles. The molecular formula is C21H34ClN. The van der Waals surface area contributed by atoms with Crippen molar-refractivity contribution in [2.24, 2.45) is 11.3 Å². The van der Waals surface area contributed by atoms with Crippen molar-refractivity contribution >= 4 is 11.6 Å². The minimum Gasteiger partial charge on any atom is -0.303 e. The van der Waals surface area contributed by atoms with E-state index in [0.717, 1.165) is 0 Å². The van der Waals surface area contributed by atoms with Crippen LogP contribution in [0.5, 0.6) is 0 Å². The third kappa shape index (κ3) is 5.50. The lowest BCUT2D eigenvalue weighted by molar-refractivity contribution is 0.104. The van der Waals surface area contributed by atoms with Crippen molar-refractivity contribution in [2.45, 2.75) is 65.7 Å². The second kappa shape index (κ2) is 8.03. The molecule has 0 aromatic heterocycles. The zero-order chi connectivity index (χ0) is 17.0. The van der Waals surface area contributed by atoms with E-state index in [9.17, 15) is 0 Å². The number of nitrogens with zero attached hydrogens (tertiary/aromatic N) is 1. The van der Waals surface area contributed by atoms with Gasteiger partial charge in [0.05, 0.1) is 0 Å². The Bertz CT molecular complexity index is 507. The van der Waals surface area contributed by atoms with Crippen LogP contribution in [-0.2, 0) is 12.3 Å². The largest absolute Gasteiger partial charge is 0.303 e. The SMILES string of the molecule is CC(Cc1ccc(CCl)cc1C(C)C)CN1CCCC(C)(C)C1. The van der Waals surface area contributed by atoms with E-state index in [-0.39, 0.29) is 0 Å². The normalized spacial score (nSPS) is 20.0. The summed E-state index contributed by atoms with van der Waals surface area (Å²) in [5.74, 6) is 1.87. The zero-order valence-electron chi connectivity index (χ0n) is 15.7. The van der Waals surface area contributed by atoms with E-state index in [2.05, 4.69) is 57.7 Å². The van der Waals surface area contributed by atoms with Gasteiger partial charge in [-0.25, -0.2) is 0 Å². The maximum Gasteiger partial charge on any atom is 0.0474 e. The maximum atomic E-state index is 6.01. The first-order valence-corrected chi connectivity index (χ1v) is 9.74. The van der Waals surface area contributed by atoms with E-state index >= 15 is 0 Å². The molecule has 23 heavy (non-hydrogen) atoms. The molecule has 130 valence electrons. The van der Waals surface area contributed by atoms with Gasteiger partial charge >= 0.3 is 0 Å². The molecule has 1 unspecified atom stereocenters. The number of alkyl halides is 1. The molecule has 1 saturated heterocycles. The van der Waals surface area contributed by atoms with Gasteiger partial charge in [0.1, 0.15) is 0 Å². The molecule has 1 fully saturated rings. The molecule has 1 atom stereocenters. The van der Waals surface area contributed by atoms with Crippen LogP contribution in [0.25, 0.3) is 0 Å². The number of likely N-dealkylation sites (tertiary alicyclic amines) is 1. The smallest absolute Gasteiger partial charge is 0.0474 e. The van der Waals surface area contributed by atoms with Gasteiger partial charge in [-0.05, 0) is 59.7 Å². The van der Waals surface area contributed by atoms with E-state index in [0.29, 0.717) is 23.1 Å². The Morgan fingerprint density at radius 1 is 1.22 bits per heavy atom. The lowest BCUT2D eigenvalue weighted by atomic mass is 9.83. The number of piperidine rings is 1. The first-order chi connectivity index (χ1) is 10.8. The molecule has 1 aliphatic rings. The average Bonchev–Trinajstić information content (AvgIpc) is 2.46. The summed E-state index contributed by atoms with van der Waals surface area (Å²) in [5.41, 5.74) is 4.72. The topological polar surface area (TPSA) is 3.24 Å². The summed E-state index contributed by atoms with van der Waals surface area (Å²) in [5, 5.41) is 0. The number of hydrogen-bond donors (Lipinski definition) is 0. The summed E-state index contributed by atoms with van der Waals surface area (Å²) in [7, 11) is 0. The van der Waals surface area contributed by atoms with Crippen LogP contribution in [0.2, 0.25) is 0 Å². The zero-order valence-corrected chi connectivity index (χ0v) is 16.4. The quantitative estimate of drug-likeness (QED) is 0.589. The van der Waals surface area contributed by atoms with Gasteiger partial charge in [-0.2, -0.15) is 0 Å². The average molecular weight is 336 g/mol. The molecule has 1 aliphatic heterocycles. The van der Waals surface area contributed by atoms with Crippen molar-refractivity contribution in [3.05, 3.63) is 34.9 Å². The van der Waals surface area contributed by atoms with E-state index in [4.69, 9.17) is 11.6 Å². The minimum absolute atomic E-state index is 0.489. The number of benzene rings is 1. The predicted octanol–water partition coefficient (Wildman–Crippen LogP) is 5.85. The summed E-state index contributed by atoms with van der Waals surface area (Å²) >= 11 is 6.01. The van der Waals surface area contributed by atoms with Crippen LogP contribution in [0.4, 0.5) is 0 Å². The van der Waals surface area contributed by atoms with E-state index in [1.807, 2.05) is 0 Å². The van der Waals surface area contributed by atoms with E-state index in [1.54, 1.807) is 0 Å². The Kier molecular flexibility index (Phi) is 6.57. The summed E-state index contributed by atoms with van der Waals surface area (Å²) in [6.45, 7) is 15.5. The maximum absolute atomic E-state index is 6.01. The van der Waals surface area contributed by atoms with Crippen LogP contribution in [-0.4, -0.2) is 24.5 Å². The van der Waals surface area contributed by atoms with E-state index < -0.39 is 0 Å². The molecule has 1 heterocycles. The third-order valence-corrected chi connectivity index (χ3v) is 5.41. The second-order valence-electron chi connectivity index (χ2n) is 8.63. The number of rotatable bonds is 6. The van der Waals surface area contributed by atoms with Gasteiger partial charge in [-0.3, -0.25) is 0 Å². The fourth-order valence-corrected chi connectivity index (χ4v) is 4.20. The molecule has 1 aromatic carbocycles. The molecule has 1 nitrogen and oxygen atoms in total. The Labute approximate surface area is 148 Å². The molecular weight excluding hydrogens is 302 g/mol. The summed E-state index contributed by atoms with van der Waals surface area (Å²) in [4.78, 5) is 2.68. The highest BCUT2D eigenvalue weighted by molar-refractivity contribution is 6.17. The molecule has 2 heteroatoms. The Hall–Kier alpha value is -0.530. The number of hydrogen-bond acceptors (Lipinski definition) is 1. The van der Waals surface area contributed by atoms with Gasteiger partial charge in [-0.1, -0.05) is 52.8 Å². The first-order valence-electron chi connectivity index (χ1n) is 9.21.